The highest BCUT2D eigenvalue weighted by molar-refractivity contribution is 7.91. The van der Waals surface area contributed by atoms with E-state index in [2.05, 4.69) is 4.90 Å². The minimum absolute atomic E-state index is 0.00557. The van der Waals surface area contributed by atoms with Gasteiger partial charge in [-0.05, 0) is 30.2 Å². The molecular weight excluding hydrogens is 364 g/mol. The van der Waals surface area contributed by atoms with Gasteiger partial charge < -0.3 is 9.64 Å². The van der Waals surface area contributed by atoms with E-state index >= 15 is 0 Å². The second-order valence-electron chi connectivity index (χ2n) is 6.98. The van der Waals surface area contributed by atoms with Crippen molar-refractivity contribution in [3.63, 3.8) is 0 Å². The number of hydrogen-bond acceptors (Lipinski definition) is 5. The molecular formula is C17H21ClN2O4S. The zero-order chi connectivity index (χ0) is 17.6. The van der Waals surface area contributed by atoms with Crippen molar-refractivity contribution >= 4 is 27.3 Å². The molecule has 0 radical (unpaired) electrons. The van der Waals surface area contributed by atoms with Crippen LogP contribution in [0.25, 0.3) is 0 Å². The third kappa shape index (κ3) is 3.50. The van der Waals surface area contributed by atoms with E-state index in [1.807, 2.05) is 17.0 Å². The number of carbonyl (C=O) groups excluding carboxylic acids is 1. The molecule has 0 aliphatic carbocycles. The van der Waals surface area contributed by atoms with E-state index in [4.69, 9.17) is 16.3 Å². The lowest BCUT2D eigenvalue weighted by molar-refractivity contribution is -0.140. The van der Waals surface area contributed by atoms with Gasteiger partial charge in [0, 0.05) is 43.7 Å². The van der Waals surface area contributed by atoms with Crippen LogP contribution in [-0.2, 0) is 21.1 Å². The maximum Gasteiger partial charge on any atom is 0.264 e. The first kappa shape index (κ1) is 17.1. The van der Waals surface area contributed by atoms with Gasteiger partial charge in [-0.3, -0.25) is 9.69 Å². The Morgan fingerprint density at radius 3 is 2.64 bits per heavy atom. The van der Waals surface area contributed by atoms with E-state index in [0.717, 1.165) is 24.4 Å². The Morgan fingerprint density at radius 2 is 1.96 bits per heavy atom. The van der Waals surface area contributed by atoms with Crippen molar-refractivity contribution in [3.05, 3.63) is 28.8 Å². The Bertz CT molecular complexity index is 790. The Balaban J connectivity index is 1.33. The van der Waals surface area contributed by atoms with Crippen molar-refractivity contribution in [2.75, 3.05) is 37.7 Å². The van der Waals surface area contributed by atoms with Crippen LogP contribution in [0.3, 0.4) is 0 Å². The summed E-state index contributed by atoms with van der Waals surface area (Å²) >= 11 is 6.00. The van der Waals surface area contributed by atoms with Gasteiger partial charge in [0.1, 0.15) is 5.75 Å². The summed E-state index contributed by atoms with van der Waals surface area (Å²) in [5.74, 6) is 1.28. The number of carbonyl (C=O) groups is 1. The van der Waals surface area contributed by atoms with Gasteiger partial charge in [-0.25, -0.2) is 8.42 Å². The first-order valence-corrected chi connectivity index (χ1v) is 10.8. The molecule has 0 spiro atoms. The summed E-state index contributed by atoms with van der Waals surface area (Å²) in [6.45, 7) is 2.67. The van der Waals surface area contributed by atoms with Crippen LogP contribution in [0.5, 0.6) is 5.75 Å². The van der Waals surface area contributed by atoms with Crippen molar-refractivity contribution < 1.29 is 17.9 Å². The van der Waals surface area contributed by atoms with Crippen LogP contribution in [0.4, 0.5) is 0 Å². The maximum absolute atomic E-state index is 12.7. The Morgan fingerprint density at radius 1 is 1.20 bits per heavy atom. The van der Waals surface area contributed by atoms with Crippen molar-refractivity contribution in [1.29, 1.82) is 0 Å². The molecule has 4 rings (SSSR count). The average molecular weight is 385 g/mol. The summed E-state index contributed by atoms with van der Waals surface area (Å²) in [6, 6.07) is 5.53. The fourth-order valence-electron chi connectivity index (χ4n) is 3.93. The fourth-order valence-corrected chi connectivity index (χ4v) is 5.89. The highest BCUT2D eigenvalue weighted by Gasteiger charge is 2.37. The predicted octanol–water partition coefficient (Wildman–Crippen LogP) is 0.975. The van der Waals surface area contributed by atoms with Crippen LogP contribution in [0.15, 0.2) is 18.2 Å². The first-order chi connectivity index (χ1) is 11.9. The van der Waals surface area contributed by atoms with Gasteiger partial charge in [0.05, 0.1) is 11.5 Å². The molecule has 25 heavy (non-hydrogen) atoms. The summed E-state index contributed by atoms with van der Waals surface area (Å²) in [6.07, 6.45) is 0.778. The van der Waals surface area contributed by atoms with Crippen molar-refractivity contribution in [3.8, 4) is 5.75 Å². The second kappa shape index (κ2) is 6.45. The van der Waals surface area contributed by atoms with E-state index in [1.54, 1.807) is 6.07 Å². The van der Waals surface area contributed by atoms with Gasteiger partial charge in [-0.2, -0.15) is 0 Å². The molecule has 8 heteroatoms. The number of sulfone groups is 1. The largest absolute Gasteiger partial charge is 0.480 e. The van der Waals surface area contributed by atoms with E-state index in [9.17, 15) is 13.2 Å². The maximum atomic E-state index is 12.7. The molecule has 136 valence electrons. The summed E-state index contributed by atoms with van der Waals surface area (Å²) in [5.41, 5.74) is 0.973. The first-order valence-electron chi connectivity index (χ1n) is 8.60. The van der Waals surface area contributed by atoms with Crippen LogP contribution in [-0.4, -0.2) is 74.0 Å². The number of hydrogen-bond donors (Lipinski definition) is 0. The number of fused-ring (bicyclic) bond motifs is 1. The lowest BCUT2D eigenvalue weighted by atomic mass is 10.1. The number of benzene rings is 1. The summed E-state index contributed by atoms with van der Waals surface area (Å²) in [4.78, 5) is 16.8. The molecule has 0 N–H and O–H groups in total. The number of piperazine rings is 1. The number of nitrogens with zero attached hydrogens (tertiary/aromatic N) is 2. The smallest absolute Gasteiger partial charge is 0.264 e. The van der Waals surface area contributed by atoms with E-state index < -0.39 is 15.9 Å². The molecule has 0 saturated carbocycles. The fraction of sp³-hybridized carbons (Fsp3) is 0.588. The standard InChI is InChI=1S/C17H21ClN2O4S/c18-13-1-2-15-12(9-13)10-16(24-15)17(21)20-6-4-19(5-7-20)14-3-8-25(22,23)11-14/h1-2,9,14,16H,3-8,10-11H2/t14-,16+/m1/s1. The Hall–Kier alpha value is -1.31. The number of rotatable bonds is 2. The van der Waals surface area contributed by atoms with Crippen LogP contribution >= 0.6 is 11.6 Å². The zero-order valence-electron chi connectivity index (χ0n) is 13.9. The highest BCUT2D eigenvalue weighted by Crippen LogP contribution is 2.32. The molecule has 2 fully saturated rings. The molecule has 2 saturated heterocycles. The molecule has 0 aromatic heterocycles. The van der Waals surface area contributed by atoms with Gasteiger partial charge in [0.2, 0.25) is 0 Å². The Labute approximate surface area is 152 Å². The monoisotopic (exact) mass is 384 g/mol. The summed E-state index contributed by atoms with van der Waals surface area (Å²) in [7, 11) is -2.87. The topological polar surface area (TPSA) is 66.9 Å². The zero-order valence-corrected chi connectivity index (χ0v) is 15.4. The lowest BCUT2D eigenvalue weighted by Crippen LogP contribution is -2.54. The minimum atomic E-state index is -2.87. The average Bonchev–Trinajstić information content (AvgIpc) is 3.17. The molecule has 1 aromatic carbocycles. The molecule has 3 aliphatic heterocycles. The third-order valence-electron chi connectivity index (χ3n) is 5.32. The van der Waals surface area contributed by atoms with Crippen LogP contribution in [0.1, 0.15) is 12.0 Å². The third-order valence-corrected chi connectivity index (χ3v) is 7.31. The normalized spacial score (nSPS) is 28.6. The van der Waals surface area contributed by atoms with E-state index in [0.29, 0.717) is 31.0 Å². The Kier molecular flexibility index (Phi) is 4.42. The van der Waals surface area contributed by atoms with Crippen LogP contribution in [0.2, 0.25) is 5.02 Å². The summed E-state index contributed by atoms with van der Waals surface area (Å²) in [5, 5.41) is 0.649. The van der Waals surface area contributed by atoms with Crippen LogP contribution in [0, 0.1) is 0 Å². The van der Waals surface area contributed by atoms with E-state index in [1.165, 1.54) is 0 Å². The van der Waals surface area contributed by atoms with Gasteiger partial charge in [-0.15, -0.1) is 0 Å². The van der Waals surface area contributed by atoms with Crippen molar-refractivity contribution in [2.24, 2.45) is 0 Å². The highest BCUT2D eigenvalue weighted by atomic mass is 35.5. The minimum Gasteiger partial charge on any atom is -0.480 e. The van der Waals surface area contributed by atoms with Crippen LogP contribution < -0.4 is 4.74 Å². The molecule has 1 amide bonds. The van der Waals surface area contributed by atoms with Gasteiger partial charge in [0.25, 0.3) is 5.91 Å². The predicted molar refractivity (Wildman–Crippen MR) is 94.8 cm³/mol. The summed E-state index contributed by atoms with van der Waals surface area (Å²) < 4.78 is 29.1. The number of halogens is 1. The van der Waals surface area contributed by atoms with Crippen molar-refractivity contribution in [2.45, 2.75) is 25.0 Å². The quantitative estimate of drug-likeness (QED) is 0.760. The van der Waals surface area contributed by atoms with Crippen molar-refractivity contribution in [1.82, 2.24) is 9.80 Å². The van der Waals surface area contributed by atoms with Gasteiger partial charge in [0.15, 0.2) is 15.9 Å². The lowest BCUT2D eigenvalue weighted by Gasteiger charge is -2.38. The molecule has 2 atom stereocenters. The molecule has 0 bridgehead atoms. The molecule has 3 aliphatic rings. The second-order valence-corrected chi connectivity index (χ2v) is 9.65. The molecule has 6 nitrogen and oxygen atoms in total. The van der Waals surface area contributed by atoms with E-state index in [-0.39, 0.29) is 23.5 Å². The number of ether oxygens (including phenoxy) is 1. The SMILES string of the molecule is O=C([C@@H]1Cc2cc(Cl)ccc2O1)N1CCN([C@@H]2CCS(=O)(=O)C2)CC1. The molecule has 1 aromatic rings. The molecule has 0 unspecified atom stereocenters. The van der Waals surface area contributed by atoms with Gasteiger partial charge in [-0.1, -0.05) is 11.6 Å². The number of amides is 1. The van der Waals surface area contributed by atoms with Gasteiger partial charge >= 0.3 is 0 Å². The molecule has 3 heterocycles.